The number of aliphatic imine (C=N–C) groups is 1. The Morgan fingerprint density at radius 3 is 2.65 bits per heavy atom. The summed E-state index contributed by atoms with van der Waals surface area (Å²) in [4.78, 5) is 15.6. The van der Waals surface area contributed by atoms with Gasteiger partial charge >= 0.3 is 0 Å². The van der Waals surface area contributed by atoms with Gasteiger partial charge in [0.05, 0.1) is 0 Å². The Hall–Kier alpha value is -1.32. The number of hydrogen-bond donors (Lipinski definition) is 1. The van der Waals surface area contributed by atoms with Gasteiger partial charge in [-0.25, -0.2) is 4.99 Å². The molecule has 0 bridgehead atoms. The Morgan fingerprint density at radius 1 is 1.41 bits per heavy atom. The summed E-state index contributed by atoms with van der Waals surface area (Å²) in [6.45, 7) is 11.2. The van der Waals surface area contributed by atoms with Crippen LogP contribution in [0.5, 0.6) is 0 Å². The quantitative estimate of drug-likeness (QED) is 0.760. The maximum atomic E-state index is 11.3. The number of dihydropyridines is 1. The number of carbonyl (C=O) groups is 1. The van der Waals surface area contributed by atoms with E-state index < -0.39 is 0 Å². The summed E-state index contributed by atoms with van der Waals surface area (Å²) in [5, 5.41) is 2.87. The van der Waals surface area contributed by atoms with Crippen molar-refractivity contribution in [1.82, 2.24) is 5.32 Å². The Kier molecular flexibility index (Phi) is 4.73. The highest BCUT2D eigenvalue weighted by atomic mass is 16.5. The summed E-state index contributed by atoms with van der Waals surface area (Å²) in [6.07, 6.45) is 0. The summed E-state index contributed by atoms with van der Waals surface area (Å²) >= 11 is 0. The maximum Gasteiger partial charge on any atom is 0.262 e. The van der Waals surface area contributed by atoms with Crippen molar-refractivity contribution in [3.63, 3.8) is 0 Å². The predicted octanol–water partition coefficient (Wildman–Crippen LogP) is 2.12. The van der Waals surface area contributed by atoms with Gasteiger partial charge in [-0.15, -0.1) is 0 Å². The number of morpholine rings is 1. The second-order valence-corrected chi connectivity index (χ2v) is 4.37. The van der Waals surface area contributed by atoms with Crippen LogP contribution in [0.15, 0.2) is 16.3 Å². The molecule has 1 atom stereocenters. The van der Waals surface area contributed by atoms with Crippen molar-refractivity contribution < 1.29 is 9.53 Å². The molecule has 0 aliphatic carbocycles. The number of rotatable bonds is 1. The minimum Gasteiger partial charge on any atom is -0.466 e. The smallest absolute Gasteiger partial charge is 0.262 e. The SMILES string of the molecule is CC.CC(C)C1=C2NC(=O)COC2=NCC1C. The van der Waals surface area contributed by atoms with E-state index in [0.717, 1.165) is 12.2 Å². The fourth-order valence-electron chi connectivity index (χ4n) is 2.18. The van der Waals surface area contributed by atoms with E-state index in [0.29, 0.717) is 17.7 Å². The van der Waals surface area contributed by atoms with Crippen LogP contribution in [0.25, 0.3) is 0 Å². The van der Waals surface area contributed by atoms with Gasteiger partial charge in [0, 0.05) is 6.54 Å². The molecule has 1 amide bonds. The molecule has 1 saturated heterocycles. The van der Waals surface area contributed by atoms with Crippen LogP contribution in [-0.2, 0) is 9.53 Å². The van der Waals surface area contributed by atoms with E-state index in [2.05, 4.69) is 31.1 Å². The maximum absolute atomic E-state index is 11.3. The molecule has 2 heterocycles. The van der Waals surface area contributed by atoms with Gasteiger partial charge in [0.15, 0.2) is 6.61 Å². The topological polar surface area (TPSA) is 50.7 Å². The van der Waals surface area contributed by atoms with Crippen LogP contribution in [0.2, 0.25) is 0 Å². The Balaban J connectivity index is 0.000000686. The second-order valence-electron chi connectivity index (χ2n) is 4.37. The number of ether oxygens (including phenoxy) is 1. The summed E-state index contributed by atoms with van der Waals surface area (Å²) in [5.74, 6) is 1.31. The third kappa shape index (κ3) is 2.87. The molecule has 1 unspecified atom stereocenters. The molecule has 4 nitrogen and oxygen atoms in total. The third-order valence-electron chi connectivity index (χ3n) is 2.77. The molecule has 0 saturated carbocycles. The number of fused-ring (bicyclic) bond motifs is 1. The fourth-order valence-corrected chi connectivity index (χ4v) is 2.18. The normalized spacial score (nSPS) is 23.1. The van der Waals surface area contributed by atoms with Gasteiger partial charge < -0.3 is 10.1 Å². The zero-order chi connectivity index (χ0) is 13.0. The molecule has 0 spiro atoms. The van der Waals surface area contributed by atoms with Gasteiger partial charge in [-0.2, -0.15) is 0 Å². The number of nitrogens with one attached hydrogen (secondary N) is 1. The van der Waals surface area contributed by atoms with Crippen LogP contribution in [-0.4, -0.2) is 25.0 Å². The van der Waals surface area contributed by atoms with E-state index in [9.17, 15) is 4.79 Å². The lowest BCUT2D eigenvalue weighted by Gasteiger charge is -2.30. The minimum absolute atomic E-state index is 0.0854. The van der Waals surface area contributed by atoms with Gasteiger partial charge in [0.2, 0.25) is 5.90 Å². The van der Waals surface area contributed by atoms with E-state index in [1.807, 2.05) is 13.8 Å². The monoisotopic (exact) mass is 238 g/mol. The molecule has 0 aromatic rings. The van der Waals surface area contributed by atoms with Crippen molar-refractivity contribution in [3.05, 3.63) is 11.3 Å². The number of carbonyl (C=O) groups excluding carboxylic acids is 1. The van der Waals surface area contributed by atoms with Crippen LogP contribution in [0.3, 0.4) is 0 Å². The molecule has 96 valence electrons. The molecule has 2 aliphatic rings. The van der Waals surface area contributed by atoms with E-state index in [1.54, 1.807) is 0 Å². The van der Waals surface area contributed by atoms with Crippen LogP contribution in [0, 0.1) is 11.8 Å². The molecule has 0 radical (unpaired) electrons. The lowest BCUT2D eigenvalue weighted by Crippen LogP contribution is -2.42. The minimum atomic E-state index is -0.0869. The fraction of sp³-hybridized carbons (Fsp3) is 0.692. The molecule has 1 N–H and O–H groups in total. The molecule has 17 heavy (non-hydrogen) atoms. The Bertz CT molecular complexity index is 356. The Labute approximate surface area is 103 Å². The molecule has 0 aromatic heterocycles. The first-order chi connectivity index (χ1) is 8.09. The summed E-state index contributed by atoms with van der Waals surface area (Å²) in [5.41, 5.74) is 2.05. The summed E-state index contributed by atoms with van der Waals surface area (Å²) in [7, 11) is 0. The van der Waals surface area contributed by atoms with E-state index in [4.69, 9.17) is 4.74 Å². The average molecular weight is 238 g/mol. The average Bonchev–Trinajstić information content (AvgIpc) is 2.30. The summed E-state index contributed by atoms with van der Waals surface area (Å²) in [6, 6.07) is 0. The van der Waals surface area contributed by atoms with Gasteiger partial charge in [-0.1, -0.05) is 34.6 Å². The zero-order valence-electron chi connectivity index (χ0n) is 11.3. The lowest BCUT2D eigenvalue weighted by atomic mass is 9.87. The highest BCUT2D eigenvalue weighted by Crippen LogP contribution is 2.28. The molecule has 2 rings (SSSR count). The van der Waals surface area contributed by atoms with Gasteiger partial charge in [0.1, 0.15) is 5.70 Å². The zero-order valence-corrected chi connectivity index (χ0v) is 11.3. The van der Waals surface area contributed by atoms with Crippen molar-refractivity contribution >= 4 is 11.8 Å². The van der Waals surface area contributed by atoms with E-state index in [-0.39, 0.29) is 12.5 Å². The highest BCUT2D eigenvalue weighted by molar-refractivity contribution is 6.02. The highest BCUT2D eigenvalue weighted by Gasteiger charge is 2.30. The number of nitrogens with zero attached hydrogens (tertiary/aromatic N) is 1. The van der Waals surface area contributed by atoms with E-state index >= 15 is 0 Å². The van der Waals surface area contributed by atoms with Gasteiger partial charge in [0.25, 0.3) is 5.91 Å². The number of hydrogen-bond acceptors (Lipinski definition) is 3. The van der Waals surface area contributed by atoms with Crippen LogP contribution in [0.1, 0.15) is 34.6 Å². The molecular weight excluding hydrogens is 216 g/mol. The molecule has 0 aromatic carbocycles. The van der Waals surface area contributed by atoms with E-state index in [1.165, 1.54) is 5.57 Å². The van der Waals surface area contributed by atoms with Gasteiger partial charge in [-0.05, 0) is 17.4 Å². The lowest BCUT2D eigenvalue weighted by molar-refractivity contribution is -0.123. The van der Waals surface area contributed by atoms with Crippen LogP contribution in [0.4, 0.5) is 0 Å². The third-order valence-corrected chi connectivity index (χ3v) is 2.77. The molecule has 4 heteroatoms. The van der Waals surface area contributed by atoms with Crippen molar-refractivity contribution in [2.75, 3.05) is 13.2 Å². The summed E-state index contributed by atoms with van der Waals surface area (Å²) < 4.78 is 5.30. The van der Waals surface area contributed by atoms with Crippen LogP contribution >= 0.6 is 0 Å². The number of amides is 1. The largest absolute Gasteiger partial charge is 0.466 e. The second kappa shape index (κ2) is 5.84. The first kappa shape index (κ1) is 13.7. The first-order valence-corrected chi connectivity index (χ1v) is 6.31. The Morgan fingerprint density at radius 2 is 2.06 bits per heavy atom. The van der Waals surface area contributed by atoms with Gasteiger partial charge in [-0.3, -0.25) is 4.79 Å². The predicted molar refractivity (Wildman–Crippen MR) is 68.8 cm³/mol. The van der Waals surface area contributed by atoms with Crippen molar-refractivity contribution in [1.29, 1.82) is 0 Å². The van der Waals surface area contributed by atoms with Crippen molar-refractivity contribution in [2.45, 2.75) is 34.6 Å². The van der Waals surface area contributed by atoms with Crippen molar-refractivity contribution in [2.24, 2.45) is 16.8 Å². The first-order valence-electron chi connectivity index (χ1n) is 6.31. The molecule has 1 fully saturated rings. The molecular formula is C13H22N2O2. The van der Waals surface area contributed by atoms with Crippen molar-refractivity contribution in [3.8, 4) is 0 Å². The standard InChI is InChI=1S/C11H16N2O2.C2H6/c1-6(2)9-7(3)4-12-11-10(9)13-8(14)5-15-11;1-2/h6-7H,4-5H2,1-3H3,(H,13,14);1-2H3. The molecule has 2 aliphatic heterocycles. The van der Waals surface area contributed by atoms with Crippen LogP contribution < -0.4 is 5.32 Å².